The minimum absolute atomic E-state index is 0.00672. The van der Waals surface area contributed by atoms with Gasteiger partial charge in [0.2, 0.25) is 0 Å². The number of aliphatic carboxylic acids is 1. The van der Waals surface area contributed by atoms with Gasteiger partial charge in [-0.2, -0.15) is 11.8 Å². The average Bonchev–Trinajstić information content (AvgIpc) is 2.27. The van der Waals surface area contributed by atoms with Crippen LogP contribution in [0.25, 0.3) is 0 Å². The fourth-order valence-electron chi connectivity index (χ4n) is 1.08. The number of hydrogen-bond acceptors (Lipinski definition) is 5. The molecule has 1 atom stereocenters. The van der Waals surface area contributed by atoms with E-state index in [0.29, 0.717) is 0 Å². The topological polar surface area (TPSA) is 105 Å². The fraction of sp³-hybridized carbons (Fsp3) is 0.700. The predicted octanol–water partition coefficient (Wildman–Crippen LogP) is 0.0550. The molecule has 0 heterocycles. The Morgan fingerprint density at radius 2 is 2.00 bits per heavy atom. The van der Waals surface area contributed by atoms with E-state index in [1.165, 1.54) is 0 Å². The molecule has 0 saturated heterocycles. The molecule has 0 rings (SSSR count). The van der Waals surface area contributed by atoms with Gasteiger partial charge in [0.1, 0.15) is 13.2 Å². The summed E-state index contributed by atoms with van der Waals surface area (Å²) in [6.07, 6.45) is 2.69. The largest absolute Gasteiger partial charge is 0.480 e. The SMILES string of the molecule is CCC(CSC)NC(=O)NC(=O)COCC(=O)O. The molecule has 18 heavy (non-hydrogen) atoms. The van der Waals surface area contributed by atoms with Crippen molar-refractivity contribution in [1.29, 1.82) is 0 Å². The maximum Gasteiger partial charge on any atom is 0.329 e. The van der Waals surface area contributed by atoms with Crippen LogP contribution in [0, 0.1) is 0 Å². The summed E-state index contributed by atoms with van der Waals surface area (Å²) in [5.74, 6) is -1.08. The minimum Gasteiger partial charge on any atom is -0.480 e. The average molecular weight is 278 g/mol. The van der Waals surface area contributed by atoms with Crippen LogP contribution in [0.3, 0.4) is 0 Å². The molecule has 3 N–H and O–H groups in total. The molecule has 3 amide bonds. The number of amides is 3. The van der Waals surface area contributed by atoms with Crippen LogP contribution in [-0.4, -0.2) is 54.3 Å². The molecule has 0 bridgehead atoms. The Kier molecular flexibility index (Phi) is 9.03. The van der Waals surface area contributed by atoms with Crippen molar-refractivity contribution in [2.45, 2.75) is 19.4 Å². The molecule has 0 fully saturated rings. The van der Waals surface area contributed by atoms with Crippen LogP contribution in [0.15, 0.2) is 0 Å². The number of thioether (sulfide) groups is 1. The zero-order valence-electron chi connectivity index (χ0n) is 10.4. The van der Waals surface area contributed by atoms with Gasteiger partial charge < -0.3 is 15.2 Å². The molecule has 7 nitrogen and oxygen atoms in total. The van der Waals surface area contributed by atoms with E-state index in [1.807, 2.05) is 13.2 Å². The second-order valence-corrected chi connectivity index (χ2v) is 4.38. The number of hydrogen-bond donors (Lipinski definition) is 3. The van der Waals surface area contributed by atoms with E-state index in [-0.39, 0.29) is 6.04 Å². The van der Waals surface area contributed by atoms with Crippen LogP contribution in [0.1, 0.15) is 13.3 Å². The molecule has 0 aromatic rings. The summed E-state index contributed by atoms with van der Waals surface area (Å²) < 4.78 is 4.54. The van der Waals surface area contributed by atoms with Crippen LogP contribution in [0.2, 0.25) is 0 Å². The van der Waals surface area contributed by atoms with Gasteiger partial charge in [-0.15, -0.1) is 0 Å². The number of carboxylic acid groups (broad SMARTS) is 1. The third kappa shape index (κ3) is 8.82. The molecule has 0 radical (unpaired) electrons. The lowest BCUT2D eigenvalue weighted by atomic mass is 10.3. The molecule has 1 unspecified atom stereocenters. The van der Waals surface area contributed by atoms with Crippen molar-refractivity contribution in [2.75, 3.05) is 25.2 Å². The maximum atomic E-state index is 11.4. The van der Waals surface area contributed by atoms with E-state index in [0.717, 1.165) is 12.2 Å². The van der Waals surface area contributed by atoms with Gasteiger partial charge in [0.15, 0.2) is 0 Å². The molecule has 0 aliphatic rings. The lowest BCUT2D eigenvalue weighted by molar-refractivity contribution is -0.143. The third-order valence-electron chi connectivity index (χ3n) is 1.91. The second-order valence-electron chi connectivity index (χ2n) is 3.47. The summed E-state index contributed by atoms with van der Waals surface area (Å²) in [5, 5.41) is 13.0. The quantitative estimate of drug-likeness (QED) is 0.579. The van der Waals surface area contributed by atoms with E-state index in [4.69, 9.17) is 5.11 Å². The van der Waals surface area contributed by atoms with Crippen LogP contribution in [0.5, 0.6) is 0 Å². The number of carboxylic acids is 1. The first-order valence-electron chi connectivity index (χ1n) is 5.38. The lowest BCUT2D eigenvalue weighted by Crippen LogP contribution is -2.46. The van der Waals surface area contributed by atoms with Crippen molar-refractivity contribution in [1.82, 2.24) is 10.6 Å². The van der Waals surface area contributed by atoms with E-state index < -0.39 is 31.1 Å². The Labute approximate surface area is 110 Å². The van der Waals surface area contributed by atoms with Gasteiger partial charge in [0.25, 0.3) is 5.91 Å². The van der Waals surface area contributed by atoms with E-state index in [2.05, 4.69) is 15.4 Å². The molecule has 0 aromatic heterocycles. The van der Waals surface area contributed by atoms with Gasteiger partial charge >= 0.3 is 12.0 Å². The predicted molar refractivity (Wildman–Crippen MR) is 67.6 cm³/mol. The van der Waals surface area contributed by atoms with Crippen LogP contribution in [-0.2, 0) is 14.3 Å². The van der Waals surface area contributed by atoms with Crippen LogP contribution >= 0.6 is 11.8 Å². The zero-order valence-corrected chi connectivity index (χ0v) is 11.2. The number of imide groups is 1. The number of urea groups is 1. The monoisotopic (exact) mass is 278 g/mol. The van der Waals surface area contributed by atoms with Crippen LogP contribution in [0.4, 0.5) is 4.79 Å². The normalized spacial score (nSPS) is 11.7. The van der Waals surface area contributed by atoms with Gasteiger partial charge in [-0.1, -0.05) is 6.92 Å². The van der Waals surface area contributed by atoms with Crippen molar-refractivity contribution < 1.29 is 24.2 Å². The summed E-state index contributed by atoms with van der Waals surface area (Å²) in [6, 6.07) is -0.604. The fourth-order valence-corrected chi connectivity index (χ4v) is 1.80. The van der Waals surface area contributed by atoms with Gasteiger partial charge in [0, 0.05) is 11.8 Å². The highest BCUT2D eigenvalue weighted by Crippen LogP contribution is 2.00. The van der Waals surface area contributed by atoms with Crippen LogP contribution < -0.4 is 10.6 Å². The van der Waals surface area contributed by atoms with Crippen molar-refractivity contribution in [3.05, 3.63) is 0 Å². The Morgan fingerprint density at radius 3 is 2.50 bits per heavy atom. The van der Waals surface area contributed by atoms with E-state index in [1.54, 1.807) is 11.8 Å². The number of carbonyl (C=O) groups is 3. The van der Waals surface area contributed by atoms with Crippen molar-refractivity contribution in [2.24, 2.45) is 0 Å². The second kappa shape index (κ2) is 9.72. The van der Waals surface area contributed by atoms with Gasteiger partial charge in [-0.05, 0) is 12.7 Å². The summed E-state index contributed by atoms with van der Waals surface area (Å²) in [4.78, 5) is 32.7. The van der Waals surface area contributed by atoms with Crippen molar-refractivity contribution in [3.8, 4) is 0 Å². The maximum absolute atomic E-state index is 11.4. The molecule has 8 heteroatoms. The van der Waals surface area contributed by atoms with Crippen molar-refractivity contribution in [3.63, 3.8) is 0 Å². The molecule has 0 aliphatic heterocycles. The number of rotatable bonds is 8. The number of nitrogens with one attached hydrogen (secondary N) is 2. The van der Waals surface area contributed by atoms with Crippen molar-refractivity contribution >= 4 is 29.7 Å². The molecule has 0 aromatic carbocycles. The molecule has 0 saturated carbocycles. The summed E-state index contributed by atoms with van der Waals surface area (Å²) >= 11 is 1.59. The highest BCUT2D eigenvalue weighted by atomic mass is 32.2. The summed E-state index contributed by atoms with van der Waals surface area (Å²) in [7, 11) is 0. The standard InChI is InChI=1S/C10H18N2O5S/c1-3-7(6-18-2)11-10(16)12-8(13)4-17-5-9(14)15/h7H,3-6H2,1-2H3,(H,14,15)(H2,11,12,13,16). The lowest BCUT2D eigenvalue weighted by Gasteiger charge is -2.15. The van der Waals surface area contributed by atoms with Gasteiger partial charge in [-0.25, -0.2) is 9.59 Å². The first kappa shape index (κ1) is 16.7. The molecule has 0 spiro atoms. The summed E-state index contributed by atoms with van der Waals surface area (Å²) in [6.45, 7) is 0.900. The van der Waals surface area contributed by atoms with E-state index >= 15 is 0 Å². The molecule has 0 aliphatic carbocycles. The zero-order chi connectivity index (χ0) is 14.0. The Morgan fingerprint density at radius 1 is 1.33 bits per heavy atom. The first-order chi connectivity index (χ1) is 8.49. The Bertz CT molecular complexity index is 298. The van der Waals surface area contributed by atoms with Gasteiger partial charge in [-0.3, -0.25) is 10.1 Å². The Balaban J connectivity index is 3.85. The number of carbonyl (C=O) groups excluding carboxylic acids is 2. The minimum atomic E-state index is -1.17. The highest BCUT2D eigenvalue weighted by molar-refractivity contribution is 7.98. The van der Waals surface area contributed by atoms with E-state index in [9.17, 15) is 14.4 Å². The molecule has 104 valence electrons. The smallest absolute Gasteiger partial charge is 0.329 e. The molecular formula is C10H18N2O5S. The highest BCUT2D eigenvalue weighted by Gasteiger charge is 2.12. The third-order valence-corrected chi connectivity index (χ3v) is 2.64. The molecular weight excluding hydrogens is 260 g/mol. The summed E-state index contributed by atoms with van der Waals surface area (Å²) in [5.41, 5.74) is 0. The first-order valence-corrected chi connectivity index (χ1v) is 6.77. The number of ether oxygens (including phenoxy) is 1. The Hall–Kier alpha value is -1.28. The van der Waals surface area contributed by atoms with Gasteiger partial charge in [0.05, 0.1) is 0 Å².